The van der Waals surface area contributed by atoms with E-state index in [4.69, 9.17) is 14.2 Å². The van der Waals surface area contributed by atoms with E-state index in [9.17, 15) is 14.4 Å². The monoisotopic (exact) mass is 385 g/mol. The van der Waals surface area contributed by atoms with Crippen LogP contribution in [0, 0.1) is 0 Å². The molecule has 28 heavy (non-hydrogen) atoms. The van der Waals surface area contributed by atoms with Gasteiger partial charge in [-0.1, -0.05) is 0 Å². The third-order valence-corrected chi connectivity index (χ3v) is 3.87. The molecule has 0 aliphatic carbocycles. The Morgan fingerprint density at radius 1 is 0.929 bits per heavy atom. The SMILES string of the molecule is CCOc1ccc(C(=O)[C@@H](C)OC(=O)CNC(=O)c2ccc(OC)cc2)cc1. The molecule has 0 aliphatic heterocycles. The van der Waals surface area contributed by atoms with Crippen LogP contribution in [0.3, 0.4) is 0 Å². The number of hydrogen-bond acceptors (Lipinski definition) is 6. The molecule has 2 aromatic carbocycles. The lowest BCUT2D eigenvalue weighted by Gasteiger charge is -2.13. The molecule has 7 heteroatoms. The highest BCUT2D eigenvalue weighted by molar-refractivity contribution is 6.00. The Bertz CT molecular complexity index is 814. The van der Waals surface area contributed by atoms with Gasteiger partial charge < -0.3 is 19.5 Å². The molecule has 2 rings (SSSR count). The summed E-state index contributed by atoms with van der Waals surface area (Å²) < 4.78 is 15.5. The van der Waals surface area contributed by atoms with Gasteiger partial charge in [0.2, 0.25) is 5.78 Å². The molecule has 0 heterocycles. The number of benzene rings is 2. The second-order valence-corrected chi connectivity index (χ2v) is 5.86. The van der Waals surface area contributed by atoms with Crippen molar-refractivity contribution in [2.45, 2.75) is 20.0 Å². The van der Waals surface area contributed by atoms with E-state index in [-0.39, 0.29) is 12.3 Å². The van der Waals surface area contributed by atoms with Crippen LogP contribution in [0.25, 0.3) is 0 Å². The van der Waals surface area contributed by atoms with Crippen LogP contribution in [0.5, 0.6) is 11.5 Å². The zero-order valence-corrected chi connectivity index (χ0v) is 16.1. The number of ether oxygens (including phenoxy) is 3. The average molecular weight is 385 g/mol. The van der Waals surface area contributed by atoms with Crippen molar-refractivity contribution < 1.29 is 28.6 Å². The fourth-order valence-corrected chi connectivity index (χ4v) is 2.41. The van der Waals surface area contributed by atoms with Crippen LogP contribution in [-0.4, -0.2) is 44.0 Å². The number of rotatable bonds is 9. The van der Waals surface area contributed by atoms with E-state index in [2.05, 4.69) is 5.32 Å². The van der Waals surface area contributed by atoms with Gasteiger partial charge in [-0.2, -0.15) is 0 Å². The molecule has 0 saturated heterocycles. The van der Waals surface area contributed by atoms with Crippen molar-refractivity contribution in [2.75, 3.05) is 20.3 Å². The third kappa shape index (κ3) is 5.84. The van der Waals surface area contributed by atoms with Gasteiger partial charge in [-0.25, -0.2) is 0 Å². The van der Waals surface area contributed by atoms with Crippen molar-refractivity contribution in [3.63, 3.8) is 0 Å². The summed E-state index contributed by atoms with van der Waals surface area (Å²) in [6.45, 7) is 3.55. The zero-order chi connectivity index (χ0) is 20.5. The van der Waals surface area contributed by atoms with Crippen LogP contribution in [0.1, 0.15) is 34.6 Å². The minimum Gasteiger partial charge on any atom is -0.497 e. The minimum atomic E-state index is -0.969. The number of amides is 1. The van der Waals surface area contributed by atoms with Crippen molar-refractivity contribution in [1.82, 2.24) is 5.32 Å². The van der Waals surface area contributed by atoms with Crippen LogP contribution in [0.2, 0.25) is 0 Å². The number of ketones is 1. The summed E-state index contributed by atoms with van der Waals surface area (Å²) in [4.78, 5) is 36.3. The first-order chi connectivity index (χ1) is 13.4. The second-order valence-electron chi connectivity index (χ2n) is 5.86. The molecule has 0 unspecified atom stereocenters. The highest BCUT2D eigenvalue weighted by Gasteiger charge is 2.20. The first kappa shape index (κ1) is 21.0. The normalized spacial score (nSPS) is 11.2. The van der Waals surface area contributed by atoms with Crippen molar-refractivity contribution in [3.05, 3.63) is 59.7 Å². The van der Waals surface area contributed by atoms with Crippen LogP contribution in [0.4, 0.5) is 0 Å². The maximum atomic E-state index is 12.4. The molecule has 2 aromatic rings. The smallest absolute Gasteiger partial charge is 0.326 e. The number of carbonyl (C=O) groups excluding carboxylic acids is 3. The highest BCUT2D eigenvalue weighted by Crippen LogP contribution is 2.14. The first-order valence-electron chi connectivity index (χ1n) is 8.83. The van der Waals surface area contributed by atoms with E-state index in [1.54, 1.807) is 48.5 Å². The van der Waals surface area contributed by atoms with Gasteiger partial charge in [-0.15, -0.1) is 0 Å². The molecule has 148 valence electrons. The molecule has 7 nitrogen and oxygen atoms in total. The van der Waals surface area contributed by atoms with Gasteiger partial charge in [0.25, 0.3) is 5.91 Å². The van der Waals surface area contributed by atoms with E-state index in [0.29, 0.717) is 29.2 Å². The zero-order valence-electron chi connectivity index (χ0n) is 16.1. The summed E-state index contributed by atoms with van der Waals surface area (Å²) in [5, 5.41) is 2.46. The van der Waals surface area contributed by atoms with E-state index < -0.39 is 18.0 Å². The molecular formula is C21H23NO6. The fraction of sp³-hybridized carbons (Fsp3) is 0.286. The predicted molar refractivity (Wildman–Crippen MR) is 103 cm³/mol. The summed E-state index contributed by atoms with van der Waals surface area (Å²) in [6.07, 6.45) is -0.969. The van der Waals surface area contributed by atoms with Crippen molar-refractivity contribution in [1.29, 1.82) is 0 Å². The maximum absolute atomic E-state index is 12.4. The standard InChI is InChI=1S/C21H23NO6/c1-4-27-18-11-5-15(6-12-18)20(24)14(2)28-19(23)13-22-21(25)16-7-9-17(26-3)10-8-16/h5-12,14H,4,13H2,1-3H3,(H,22,25)/t14-/m1/s1. The number of hydrogen-bond donors (Lipinski definition) is 1. The lowest BCUT2D eigenvalue weighted by molar-refractivity contribution is -0.145. The van der Waals surface area contributed by atoms with Crippen molar-refractivity contribution in [3.8, 4) is 11.5 Å². The Kier molecular flexibility index (Phi) is 7.56. The number of Topliss-reactive ketones (excluding diaryl/α,β-unsaturated/α-hetero) is 1. The van der Waals surface area contributed by atoms with Crippen LogP contribution < -0.4 is 14.8 Å². The van der Waals surface area contributed by atoms with Gasteiger partial charge in [0, 0.05) is 11.1 Å². The lowest BCUT2D eigenvalue weighted by atomic mass is 10.1. The molecule has 0 spiro atoms. The first-order valence-corrected chi connectivity index (χ1v) is 8.83. The molecule has 0 aliphatic rings. The van der Waals surface area contributed by atoms with Gasteiger partial charge >= 0.3 is 5.97 Å². The van der Waals surface area contributed by atoms with Gasteiger partial charge in [-0.05, 0) is 62.4 Å². The molecule has 0 aromatic heterocycles. The van der Waals surface area contributed by atoms with Gasteiger partial charge in [-0.3, -0.25) is 14.4 Å². The van der Waals surface area contributed by atoms with Crippen LogP contribution >= 0.6 is 0 Å². The predicted octanol–water partition coefficient (Wildman–Crippen LogP) is 2.64. The molecule has 0 radical (unpaired) electrons. The third-order valence-electron chi connectivity index (χ3n) is 3.87. The van der Waals surface area contributed by atoms with E-state index in [1.165, 1.54) is 14.0 Å². The minimum absolute atomic E-state index is 0.335. The molecule has 0 bridgehead atoms. The number of esters is 1. The Balaban J connectivity index is 1.83. The van der Waals surface area contributed by atoms with Crippen LogP contribution in [-0.2, 0) is 9.53 Å². The number of nitrogens with one attached hydrogen (secondary N) is 1. The summed E-state index contributed by atoms with van der Waals surface area (Å²) in [6, 6.07) is 13.0. The summed E-state index contributed by atoms with van der Waals surface area (Å²) >= 11 is 0. The van der Waals surface area contributed by atoms with E-state index in [1.807, 2.05) is 6.92 Å². The highest BCUT2D eigenvalue weighted by atomic mass is 16.5. The second kappa shape index (κ2) is 10.1. The van der Waals surface area contributed by atoms with Gasteiger partial charge in [0.15, 0.2) is 6.10 Å². The molecule has 0 fully saturated rings. The quantitative estimate of drug-likeness (QED) is 0.527. The molecule has 1 amide bonds. The largest absolute Gasteiger partial charge is 0.497 e. The van der Waals surface area contributed by atoms with Crippen LogP contribution in [0.15, 0.2) is 48.5 Å². The Morgan fingerprint density at radius 3 is 2.07 bits per heavy atom. The molecular weight excluding hydrogens is 362 g/mol. The molecule has 0 saturated carbocycles. The summed E-state index contributed by atoms with van der Waals surface area (Å²) in [7, 11) is 1.53. The Labute approximate surface area is 163 Å². The topological polar surface area (TPSA) is 90.9 Å². The maximum Gasteiger partial charge on any atom is 0.326 e. The fourth-order valence-electron chi connectivity index (χ4n) is 2.41. The Hall–Kier alpha value is -3.35. The number of methoxy groups -OCH3 is 1. The summed E-state index contributed by atoms with van der Waals surface area (Å²) in [5.41, 5.74) is 0.790. The summed E-state index contributed by atoms with van der Waals surface area (Å²) in [5.74, 6) is -0.181. The van der Waals surface area contributed by atoms with Crippen molar-refractivity contribution >= 4 is 17.7 Å². The molecule has 1 atom stereocenters. The average Bonchev–Trinajstić information content (AvgIpc) is 2.72. The lowest BCUT2D eigenvalue weighted by Crippen LogP contribution is -2.34. The molecule has 1 N–H and O–H groups in total. The van der Waals surface area contributed by atoms with E-state index in [0.717, 1.165) is 0 Å². The van der Waals surface area contributed by atoms with Crippen molar-refractivity contribution in [2.24, 2.45) is 0 Å². The number of carbonyl (C=O) groups is 3. The van der Waals surface area contributed by atoms with E-state index >= 15 is 0 Å². The Morgan fingerprint density at radius 2 is 1.50 bits per heavy atom. The van der Waals surface area contributed by atoms with Gasteiger partial charge in [0.1, 0.15) is 18.0 Å². The van der Waals surface area contributed by atoms with Gasteiger partial charge in [0.05, 0.1) is 13.7 Å².